The number of aliphatic imine (C=N–C) groups is 1. The molecule has 1 saturated heterocycles. The van der Waals surface area contributed by atoms with Crippen molar-refractivity contribution in [3.05, 3.63) is 105 Å². The second-order valence-corrected chi connectivity index (χ2v) is 9.17. The fourth-order valence-corrected chi connectivity index (χ4v) is 4.30. The molecule has 0 atom stereocenters. The maximum Gasteiger partial charge on any atom is 0.261 e. The van der Waals surface area contributed by atoms with Crippen molar-refractivity contribution in [2.75, 3.05) is 11.9 Å². The lowest BCUT2D eigenvalue weighted by Gasteiger charge is -2.20. The number of anilines is 1. The number of amides is 2. The molecule has 0 saturated carbocycles. The van der Waals surface area contributed by atoms with Crippen molar-refractivity contribution in [2.45, 2.75) is 13.0 Å². The van der Waals surface area contributed by atoms with Gasteiger partial charge in [0.05, 0.1) is 23.2 Å². The van der Waals surface area contributed by atoms with E-state index >= 15 is 0 Å². The van der Waals surface area contributed by atoms with E-state index in [0.29, 0.717) is 28.7 Å². The highest BCUT2D eigenvalue weighted by Gasteiger charge is 2.28. The van der Waals surface area contributed by atoms with Crippen molar-refractivity contribution in [1.82, 2.24) is 10.3 Å². The zero-order valence-electron chi connectivity index (χ0n) is 21.0. The minimum Gasteiger partial charge on any atom is -0.506 e. The number of fused-ring (bicyclic) bond motifs is 1. The fraction of sp³-hybridized carbons (Fsp3) is 0.100. The van der Waals surface area contributed by atoms with E-state index in [9.17, 15) is 24.3 Å². The number of benzene rings is 3. The predicted octanol–water partition coefficient (Wildman–Crippen LogP) is 3.62. The molecule has 0 aliphatic carbocycles. The third-order valence-corrected chi connectivity index (χ3v) is 6.39. The van der Waals surface area contributed by atoms with E-state index in [4.69, 9.17) is 0 Å². The van der Waals surface area contributed by atoms with Crippen LogP contribution in [0.2, 0.25) is 0 Å². The summed E-state index contributed by atoms with van der Waals surface area (Å²) in [5.74, 6) is -1.86. The van der Waals surface area contributed by atoms with E-state index in [0.717, 1.165) is 11.3 Å². The van der Waals surface area contributed by atoms with Gasteiger partial charge in [-0.3, -0.25) is 29.5 Å². The first-order valence-electron chi connectivity index (χ1n) is 12.2. The van der Waals surface area contributed by atoms with Gasteiger partial charge in [0.1, 0.15) is 11.3 Å². The number of rotatable bonds is 6. The first-order chi connectivity index (χ1) is 18.8. The van der Waals surface area contributed by atoms with Crippen molar-refractivity contribution in [1.29, 1.82) is 0 Å². The first-order valence-corrected chi connectivity index (χ1v) is 12.2. The highest BCUT2D eigenvalue weighted by Crippen LogP contribution is 2.24. The molecule has 4 aromatic rings. The van der Waals surface area contributed by atoms with E-state index in [1.807, 2.05) is 48.3 Å². The Morgan fingerprint density at radius 3 is 2.38 bits per heavy atom. The Morgan fingerprint density at radius 2 is 1.67 bits per heavy atom. The number of nitrogens with one attached hydrogen (secondary N) is 2. The number of aromatic amines is 1. The molecular weight excluding hydrogens is 496 g/mol. The number of imide groups is 1. The first kappa shape index (κ1) is 25.3. The number of H-pyrrole nitrogens is 1. The minimum atomic E-state index is -0.675. The van der Waals surface area contributed by atoms with Gasteiger partial charge in [-0.2, -0.15) is 0 Å². The summed E-state index contributed by atoms with van der Waals surface area (Å²) in [4.78, 5) is 56.8. The highest BCUT2D eigenvalue weighted by atomic mass is 16.3. The van der Waals surface area contributed by atoms with Crippen LogP contribution in [0, 0.1) is 0 Å². The summed E-state index contributed by atoms with van der Waals surface area (Å²) in [5, 5.41) is 13.2. The van der Waals surface area contributed by atoms with Gasteiger partial charge in [0.2, 0.25) is 5.91 Å². The second-order valence-electron chi connectivity index (χ2n) is 9.17. The molecule has 0 radical (unpaired) electrons. The highest BCUT2D eigenvalue weighted by molar-refractivity contribution is 6.32. The standard InChI is InChI=1S/C30H24N4O5/c1-34(21-12-8-18(9-13-21)14-23-26(35)15-27(36)33-29(23)38)17-19-6-10-20(11-7-19)31-16-24-28(37)22-4-2-3-5-25(22)32-30(24)39/h2-14,16H,15,17H2,1H3,(H2,32,37,39)(H,33,36,38)/b23-14+,31-16?. The van der Waals surface area contributed by atoms with Crippen LogP contribution in [-0.2, 0) is 20.9 Å². The summed E-state index contributed by atoms with van der Waals surface area (Å²) in [7, 11) is 1.94. The van der Waals surface area contributed by atoms with Gasteiger partial charge >= 0.3 is 0 Å². The van der Waals surface area contributed by atoms with Crippen LogP contribution < -0.4 is 15.8 Å². The van der Waals surface area contributed by atoms with Gasteiger partial charge in [-0.1, -0.05) is 36.4 Å². The molecule has 5 rings (SSSR count). The van der Waals surface area contributed by atoms with Crippen molar-refractivity contribution >= 4 is 52.2 Å². The summed E-state index contributed by atoms with van der Waals surface area (Å²) < 4.78 is 0. The van der Waals surface area contributed by atoms with Crippen LogP contribution in [0.1, 0.15) is 23.1 Å². The molecule has 0 spiro atoms. The number of aromatic hydroxyl groups is 1. The van der Waals surface area contributed by atoms with Gasteiger partial charge in [-0.05, 0) is 53.6 Å². The molecule has 1 fully saturated rings. The van der Waals surface area contributed by atoms with E-state index in [2.05, 4.69) is 15.3 Å². The number of piperidine rings is 1. The Kier molecular flexibility index (Phi) is 6.88. The van der Waals surface area contributed by atoms with Crippen LogP contribution in [0.25, 0.3) is 17.0 Å². The number of para-hydroxylation sites is 1. The SMILES string of the molecule is CN(Cc1ccc(N=Cc2c(O)c3ccccc3[nH]c2=O)cc1)c1ccc(/C=C2\C(=O)CC(=O)NC2=O)cc1. The maximum absolute atomic E-state index is 12.4. The van der Waals surface area contributed by atoms with Crippen LogP contribution in [0.4, 0.5) is 11.4 Å². The molecule has 9 heteroatoms. The quantitative estimate of drug-likeness (QED) is 0.117. The van der Waals surface area contributed by atoms with Crippen LogP contribution in [0.5, 0.6) is 5.75 Å². The zero-order chi connectivity index (χ0) is 27.5. The van der Waals surface area contributed by atoms with Crippen molar-refractivity contribution < 1.29 is 19.5 Å². The molecule has 2 amide bonds. The van der Waals surface area contributed by atoms with Crippen molar-refractivity contribution in [2.24, 2.45) is 4.99 Å². The lowest BCUT2D eigenvalue weighted by atomic mass is 10.0. The molecular formula is C30H24N4O5. The predicted molar refractivity (Wildman–Crippen MR) is 149 cm³/mol. The lowest BCUT2D eigenvalue weighted by Crippen LogP contribution is -2.40. The number of aromatic nitrogens is 1. The average Bonchev–Trinajstić information content (AvgIpc) is 2.92. The van der Waals surface area contributed by atoms with Crippen LogP contribution in [0.15, 0.2) is 88.2 Å². The summed E-state index contributed by atoms with van der Waals surface area (Å²) in [5.41, 5.74) is 3.48. The van der Waals surface area contributed by atoms with Crippen LogP contribution in [-0.4, -0.2) is 41.0 Å². The number of ketones is 1. The van der Waals surface area contributed by atoms with Gasteiger partial charge in [-0.15, -0.1) is 0 Å². The Bertz CT molecular complexity index is 1700. The Labute approximate surface area is 223 Å². The van der Waals surface area contributed by atoms with E-state index in [-0.39, 0.29) is 23.3 Å². The number of carbonyl (C=O) groups is 3. The molecule has 1 aliphatic heterocycles. The molecule has 0 unspecified atom stereocenters. The number of nitrogens with zero attached hydrogens (tertiary/aromatic N) is 2. The molecule has 39 heavy (non-hydrogen) atoms. The number of hydrogen-bond donors (Lipinski definition) is 3. The van der Waals surface area contributed by atoms with Gasteiger partial charge < -0.3 is 15.0 Å². The van der Waals surface area contributed by atoms with Crippen molar-refractivity contribution in [3.63, 3.8) is 0 Å². The Balaban J connectivity index is 1.25. The number of pyridine rings is 1. The Hall–Kier alpha value is -5.31. The van der Waals surface area contributed by atoms with Crippen LogP contribution in [0.3, 0.4) is 0 Å². The molecule has 9 nitrogen and oxygen atoms in total. The van der Waals surface area contributed by atoms with Crippen LogP contribution >= 0.6 is 0 Å². The van der Waals surface area contributed by atoms with Gasteiger partial charge in [0.15, 0.2) is 5.78 Å². The molecule has 0 bridgehead atoms. The fourth-order valence-electron chi connectivity index (χ4n) is 4.30. The second kappa shape index (κ2) is 10.6. The monoisotopic (exact) mass is 520 g/mol. The van der Waals surface area contributed by atoms with Gasteiger partial charge in [0, 0.05) is 30.9 Å². The van der Waals surface area contributed by atoms with E-state index in [1.54, 1.807) is 36.4 Å². The third-order valence-electron chi connectivity index (χ3n) is 6.39. The molecule has 2 heterocycles. The minimum absolute atomic E-state index is 0.0288. The third kappa shape index (κ3) is 5.52. The molecule has 1 aliphatic rings. The van der Waals surface area contributed by atoms with E-state index in [1.165, 1.54) is 12.3 Å². The topological polar surface area (TPSA) is 132 Å². The number of Topliss-reactive ketones (excluding diaryl/α,β-unsaturated/α-hetero) is 1. The summed E-state index contributed by atoms with van der Waals surface area (Å²) in [6, 6.07) is 21.9. The average molecular weight is 521 g/mol. The normalized spacial score (nSPS) is 14.8. The molecule has 3 N–H and O–H groups in total. The Morgan fingerprint density at radius 1 is 0.949 bits per heavy atom. The smallest absolute Gasteiger partial charge is 0.261 e. The van der Waals surface area contributed by atoms with E-state index < -0.39 is 23.2 Å². The molecule has 3 aromatic carbocycles. The number of hydrogen-bond acceptors (Lipinski definition) is 7. The summed E-state index contributed by atoms with van der Waals surface area (Å²) in [6.07, 6.45) is 2.52. The largest absolute Gasteiger partial charge is 0.506 e. The van der Waals surface area contributed by atoms with Crippen molar-refractivity contribution in [3.8, 4) is 5.75 Å². The summed E-state index contributed by atoms with van der Waals surface area (Å²) >= 11 is 0. The maximum atomic E-state index is 12.4. The van der Waals surface area contributed by atoms with Gasteiger partial charge in [0.25, 0.3) is 11.5 Å². The summed E-state index contributed by atoms with van der Waals surface area (Å²) in [6.45, 7) is 0.610. The number of carbonyl (C=O) groups excluding carboxylic acids is 3. The molecule has 1 aromatic heterocycles. The molecule has 194 valence electrons. The van der Waals surface area contributed by atoms with Gasteiger partial charge in [-0.25, -0.2) is 0 Å². The lowest BCUT2D eigenvalue weighted by molar-refractivity contribution is -0.134. The zero-order valence-corrected chi connectivity index (χ0v) is 21.0.